The minimum atomic E-state index is -1.02. The molecule has 0 spiro atoms. The van der Waals surface area contributed by atoms with Crippen molar-refractivity contribution < 1.29 is 9.90 Å². The van der Waals surface area contributed by atoms with Gasteiger partial charge in [-0.15, -0.1) is 0 Å². The number of carbonyl (C=O) groups excluding carboxylic acids is 1. The molecule has 1 aliphatic heterocycles. The quantitative estimate of drug-likeness (QED) is 0.763. The summed E-state index contributed by atoms with van der Waals surface area (Å²) in [5, 5.41) is 15.5. The normalized spacial score (nSPS) is 22.4. The lowest BCUT2D eigenvalue weighted by Gasteiger charge is -2.51. The summed E-state index contributed by atoms with van der Waals surface area (Å²) in [5.74, 6) is 0.165. The van der Waals surface area contributed by atoms with Gasteiger partial charge in [0.1, 0.15) is 6.04 Å². The molecular weight excluding hydrogens is 386 g/mol. The van der Waals surface area contributed by atoms with Crippen molar-refractivity contribution in [2.24, 2.45) is 11.3 Å². The van der Waals surface area contributed by atoms with Gasteiger partial charge in [0.25, 0.3) is 0 Å². The Morgan fingerprint density at radius 3 is 2.48 bits per heavy atom. The van der Waals surface area contributed by atoms with Gasteiger partial charge in [0.15, 0.2) is 0 Å². The molecule has 1 aliphatic rings. The minimum Gasteiger partial charge on any atom is -0.384 e. The Bertz CT molecular complexity index is 839. The summed E-state index contributed by atoms with van der Waals surface area (Å²) in [5.41, 5.74) is 0.143. The number of piperidine rings is 1. The highest BCUT2D eigenvalue weighted by Crippen LogP contribution is 2.46. The van der Waals surface area contributed by atoms with Crippen molar-refractivity contribution in [1.82, 2.24) is 9.88 Å². The van der Waals surface area contributed by atoms with E-state index >= 15 is 0 Å². The number of pyridine rings is 1. The molecule has 1 aromatic heterocycles. The highest BCUT2D eigenvalue weighted by atomic mass is 35.5. The van der Waals surface area contributed by atoms with E-state index in [9.17, 15) is 9.90 Å². The Kier molecular flexibility index (Phi) is 6.20. The summed E-state index contributed by atoms with van der Waals surface area (Å²) >= 11 is 6.02. The van der Waals surface area contributed by atoms with Crippen LogP contribution in [0.3, 0.4) is 0 Å². The molecule has 1 fully saturated rings. The summed E-state index contributed by atoms with van der Waals surface area (Å²) in [6.45, 7) is 9.07. The van der Waals surface area contributed by atoms with Crippen LogP contribution in [-0.2, 0) is 10.4 Å². The maximum atomic E-state index is 13.4. The number of likely N-dealkylation sites (tertiary alicyclic amines) is 1. The van der Waals surface area contributed by atoms with Gasteiger partial charge in [0, 0.05) is 35.9 Å². The molecule has 0 radical (unpaired) electrons. The van der Waals surface area contributed by atoms with E-state index in [0.29, 0.717) is 24.5 Å². The van der Waals surface area contributed by atoms with E-state index in [1.165, 1.54) is 0 Å². The summed E-state index contributed by atoms with van der Waals surface area (Å²) in [7, 11) is 0. The average molecular weight is 416 g/mol. The van der Waals surface area contributed by atoms with E-state index in [1.807, 2.05) is 56.9 Å². The Morgan fingerprint density at radius 2 is 1.93 bits per heavy atom. The van der Waals surface area contributed by atoms with Crippen molar-refractivity contribution in [2.75, 3.05) is 18.4 Å². The van der Waals surface area contributed by atoms with Crippen LogP contribution < -0.4 is 5.32 Å². The van der Waals surface area contributed by atoms with E-state index in [-0.39, 0.29) is 17.9 Å². The molecule has 0 aliphatic carbocycles. The number of aromatic nitrogens is 1. The van der Waals surface area contributed by atoms with Crippen molar-refractivity contribution >= 4 is 23.2 Å². The second kappa shape index (κ2) is 8.33. The molecule has 1 amide bonds. The molecule has 156 valence electrons. The standard InChI is InChI=1S/C23H30ClN3O2/c1-16(2)20(26-19-6-5-12-25-14-19)21(28)27-13-11-23(29,22(3,4)15-27)17-7-9-18(24)10-8-17/h5-10,12,14,16,20,26,29H,11,13,15H2,1-4H3. The number of hydrogen-bond acceptors (Lipinski definition) is 4. The molecule has 2 atom stereocenters. The molecule has 1 saturated heterocycles. The van der Waals surface area contributed by atoms with Crippen molar-refractivity contribution in [2.45, 2.75) is 45.8 Å². The van der Waals surface area contributed by atoms with Gasteiger partial charge in [-0.2, -0.15) is 0 Å². The first-order valence-electron chi connectivity index (χ1n) is 10.1. The van der Waals surface area contributed by atoms with E-state index in [0.717, 1.165) is 11.3 Å². The summed E-state index contributed by atoms with van der Waals surface area (Å²) in [4.78, 5) is 19.4. The van der Waals surface area contributed by atoms with Crippen LogP contribution in [0.15, 0.2) is 48.8 Å². The van der Waals surface area contributed by atoms with Gasteiger partial charge in [-0.3, -0.25) is 9.78 Å². The van der Waals surface area contributed by atoms with Crippen LogP contribution in [0, 0.1) is 11.3 Å². The molecular formula is C23H30ClN3O2. The lowest BCUT2D eigenvalue weighted by atomic mass is 9.66. The van der Waals surface area contributed by atoms with Crippen molar-refractivity contribution in [3.8, 4) is 0 Å². The highest BCUT2D eigenvalue weighted by Gasteiger charge is 2.50. The molecule has 2 unspecified atom stereocenters. The van der Waals surface area contributed by atoms with Gasteiger partial charge in [-0.25, -0.2) is 0 Å². The Balaban J connectivity index is 1.78. The van der Waals surface area contributed by atoms with Crippen LogP contribution in [0.4, 0.5) is 5.69 Å². The minimum absolute atomic E-state index is 0.0510. The van der Waals surface area contributed by atoms with Gasteiger partial charge in [-0.1, -0.05) is 51.4 Å². The topological polar surface area (TPSA) is 65.5 Å². The molecule has 2 N–H and O–H groups in total. The lowest BCUT2D eigenvalue weighted by molar-refractivity contribution is -0.154. The molecule has 2 heterocycles. The SMILES string of the molecule is CC(C)C(Nc1cccnc1)C(=O)N1CCC(O)(c2ccc(Cl)cc2)C(C)(C)C1. The number of anilines is 1. The molecule has 5 nitrogen and oxygen atoms in total. The van der Waals surface area contributed by atoms with Gasteiger partial charge >= 0.3 is 0 Å². The Labute approximate surface area is 178 Å². The fourth-order valence-electron chi connectivity index (χ4n) is 4.11. The number of amides is 1. The summed E-state index contributed by atoms with van der Waals surface area (Å²) in [6.07, 6.45) is 3.91. The van der Waals surface area contributed by atoms with Gasteiger partial charge in [-0.05, 0) is 42.2 Å². The molecule has 29 heavy (non-hydrogen) atoms. The number of nitrogens with one attached hydrogen (secondary N) is 1. The van der Waals surface area contributed by atoms with Crippen LogP contribution in [0.5, 0.6) is 0 Å². The van der Waals surface area contributed by atoms with E-state index in [4.69, 9.17) is 11.6 Å². The third-order valence-corrected chi connectivity index (χ3v) is 6.25. The molecule has 3 rings (SSSR count). The zero-order valence-electron chi connectivity index (χ0n) is 17.5. The smallest absolute Gasteiger partial charge is 0.245 e. The zero-order chi connectivity index (χ0) is 21.2. The van der Waals surface area contributed by atoms with Crippen LogP contribution in [0.25, 0.3) is 0 Å². The maximum Gasteiger partial charge on any atom is 0.245 e. The molecule has 1 aromatic carbocycles. The van der Waals surface area contributed by atoms with Crippen LogP contribution >= 0.6 is 11.6 Å². The Morgan fingerprint density at radius 1 is 1.24 bits per heavy atom. The first-order chi connectivity index (χ1) is 13.6. The fourth-order valence-corrected chi connectivity index (χ4v) is 4.23. The first-order valence-corrected chi connectivity index (χ1v) is 10.5. The molecule has 0 bridgehead atoms. The van der Waals surface area contributed by atoms with Crippen molar-refractivity contribution in [3.63, 3.8) is 0 Å². The number of aliphatic hydroxyl groups is 1. The van der Waals surface area contributed by atoms with Gasteiger partial charge in [0.05, 0.1) is 11.3 Å². The molecule has 6 heteroatoms. The van der Waals surface area contributed by atoms with Crippen molar-refractivity contribution in [1.29, 1.82) is 0 Å². The lowest BCUT2D eigenvalue weighted by Crippen LogP contribution is -2.59. The monoisotopic (exact) mass is 415 g/mol. The number of benzene rings is 1. The fraction of sp³-hybridized carbons (Fsp3) is 0.478. The highest BCUT2D eigenvalue weighted by molar-refractivity contribution is 6.30. The number of halogens is 1. The number of rotatable bonds is 5. The average Bonchev–Trinajstić information content (AvgIpc) is 2.68. The second-order valence-electron chi connectivity index (χ2n) is 8.87. The van der Waals surface area contributed by atoms with E-state index in [1.54, 1.807) is 24.5 Å². The third-order valence-electron chi connectivity index (χ3n) is 6.00. The van der Waals surface area contributed by atoms with Gasteiger partial charge in [0.2, 0.25) is 5.91 Å². The largest absolute Gasteiger partial charge is 0.384 e. The number of carbonyl (C=O) groups is 1. The van der Waals surface area contributed by atoms with E-state index in [2.05, 4.69) is 10.3 Å². The summed E-state index contributed by atoms with van der Waals surface area (Å²) in [6, 6.07) is 10.8. The Hall–Kier alpha value is -2.11. The van der Waals surface area contributed by atoms with Crippen LogP contribution in [-0.4, -0.2) is 40.0 Å². The second-order valence-corrected chi connectivity index (χ2v) is 9.31. The van der Waals surface area contributed by atoms with Crippen LogP contribution in [0.1, 0.15) is 39.7 Å². The maximum absolute atomic E-state index is 13.4. The predicted octanol–water partition coefficient (Wildman–Crippen LogP) is 4.32. The number of nitrogens with zero attached hydrogens (tertiary/aromatic N) is 2. The van der Waals surface area contributed by atoms with E-state index < -0.39 is 11.0 Å². The van der Waals surface area contributed by atoms with Gasteiger partial charge < -0.3 is 15.3 Å². The third kappa shape index (κ3) is 4.41. The zero-order valence-corrected chi connectivity index (χ0v) is 18.3. The molecule has 0 saturated carbocycles. The molecule has 2 aromatic rings. The predicted molar refractivity (Wildman–Crippen MR) is 117 cm³/mol. The summed E-state index contributed by atoms with van der Waals surface area (Å²) < 4.78 is 0. The van der Waals surface area contributed by atoms with Crippen molar-refractivity contribution in [3.05, 3.63) is 59.4 Å². The first kappa shape index (κ1) is 21.6. The number of hydrogen-bond donors (Lipinski definition) is 2. The van der Waals surface area contributed by atoms with Crippen LogP contribution in [0.2, 0.25) is 5.02 Å².